The van der Waals surface area contributed by atoms with Crippen molar-refractivity contribution in [3.05, 3.63) is 62.9 Å². The molecule has 0 bridgehead atoms. The van der Waals surface area contributed by atoms with E-state index in [1.165, 1.54) is 12.1 Å². The van der Waals surface area contributed by atoms with Crippen molar-refractivity contribution >= 4 is 39.3 Å². The zero-order chi connectivity index (χ0) is 27.0. The van der Waals surface area contributed by atoms with Gasteiger partial charge in [-0.15, -0.1) is 0 Å². The lowest BCUT2D eigenvalue weighted by Gasteiger charge is -2.36. The molecule has 1 atom stereocenters. The van der Waals surface area contributed by atoms with Crippen molar-refractivity contribution in [2.24, 2.45) is 5.92 Å². The molecule has 2 saturated heterocycles. The van der Waals surface area contributed by atoms with Crippen LogP contribution >= 0.6 is 23.2 Å². The number of halogens is 3. The molecule has 1 aliphatic carbocycles. The van der Waals surface area contributed by atoms with Crippen LogP contribution in [0.2, 0.25) is 10.0 Å². The van der Waals surface area contributed by atoms with E-state index in [9.17, 15) is 17.6 Å². The fourth-order valence-corrected chi connectivity index (χ4v) is 6.85. The monoisotopic (exact) mass is 583 g/mol. The Morgan fingerprint density at radius 1 is 1.05 bits per heavy atom. The number of piperidine rings is 1. The third kappa shape index (κ3) is 6.28. The Hall–Kier alpha value is -1.91. The summed E-state index contributed by atoms with van der Waals surface area (Å²) < 4.78 is 48.8. The maximum absolute atomic E-state index is 15.0. The Morgan fingerprint density at radius 3 is 2.29 bits per heavy atom. The van der Waals surface area contributed by atoms with Gasteiger partial charge in [0.1, 0.15) is 11.6 Å². The van der Waals surface area contributed by atoms with Gasteiger partial charge in [0.05, 0.1) is 12.2 Å². The van der Waals surface area contributed by atoms with Crippen molar-refractivity contribution in [2.45, 2.75) is 51.0 Å². The van der Waals surface area contributed by atoms with Gasteiger partial charge in [0.25, 0.3) is 5.91 Å². The first kappa shape index (κ1) is 27.6. The van der Waals surface area contributed by atoms with E-state index in [1.807, 2.05) is 16.9 Å². The first-order valence-electron chi connectivity index (χ1n) is 13.1. The molecular weight excluding hydrogens is 552 g/mol. The average molecular weight is 585 g/mol. The number of carbonyl (C=O) groups is 1. The zero-order valence-electron chi connectivity index (χ0n) is 21.3. The molecule has 0 radical (unpaired) electrons. The number of hydrogen-bond acceptors (Lipinski definition) is 5. The summed E-state index contributed by atoms with van der Waals surface area (Å²) in [5.74, 6) is -0.788. The fourth-order valence-electron chi connectivity index (χ4n) is 5.09. The van der Waals surface area contributed by atoms with Crippen LogP contribution in [0.3, 0.4) is 0 Å². The van der Waals surface area contributed by atoms with Crippen LogP contribution in [0, 0.1) is 11.7 Å². The first-order valence-corrected chi connectivity index (χ1v) is 15.3. The molecule has 3 fully saturated rings. The fraction of sp³-hybridized carbons (Fsp3) is 0.519. The van der Waals surface area contributed by atoms with Gasteiger partial charge in [-0.1, -0.05) is 23.2 Å². The van der Waals surface area contributed by atoms with E-state index in [4.69, 9.17) is 27.9 Å². The van der Waals surface area contributed by atoms with Crippen molar-refractivity contribution in [3.8, 4) is 5.75 Å². The molecule has 1 amide bonds. The third-order valence-electron chi connectivity index (χ3n) is 7.78. The molecule has 1 N–H and O–H groups in total. The Balaban J connectivity index is 1.20. The number of hydrogen-bond donors (Lipinski definition) is 1. The van der Waals surface area contributed by atoms with Gasteiger partial charge in [0.15, 0.2) is 0 Å². The minimum atomic E-state index is -3.95. The summed E-state index contributed by atoms with van der Waals surface area (Å²) in [4.78, 5) is 15.0. The quantitative estimate of drug-likeness (QED) is 0.419. The molecule has 2 aliphatic heterocycles. The number of likely N-dealkylation sites (tertiary alicyclic amines) is 1. The molecule has 11 heteroatoms. The van der Waals surface area contributed by atoms with Crippen LogP contribution in [0.15, 0.2) is 30.3 Å². The van der Waals surface area contributed by atoms with Crippen LogP contribution in [-0.4, -0.2) is 56.3 Å². The maximum atomic E-state index is 15.0. The first-order chi connectivity index (χ1) is 18.1. The van der Waals surface area contributed by atoms with Crippen LogP contribution in [0.1, 0.15) is 72.5 Å². The summed E-state index contributed by atoms with van der Waals surface area (Å²) >= 11 is 12.4. The van der Waals surface area contributed by atoms with Gasteiger partial charge in [0, 0.05) is 35.2 Å². The van der Waals surface area contributed by atoms with Crippen molar-refractivity contribution < 1.29 is 22.3 Å². The second-order valence-electron chi connectivity index (χ2n) is 10.5. The lowest BCUT2D eigenvalue weighted by molar-refractivity contribution is 0.0973. The van der Waals surface area contributed by atoms with E-state index >= 15 is 0 Å². The van der Waals surface area contributed by atoms with Gasteiger partial charge in [0.2, 0.25) is 0 Å². The maximum Gasteiger partial charge on any atom is 0.304 e. The number of benzene rings is 2. The number of amides is 1. The van der Waals surface area contributed by atoms with Crippen LogP contribution in [0.25, 0.3) is 0 Å². The lowest BCUT2D eigenvalue weighted by Crippen LogP contribution is -2.49. The normalized spacial score (nSPS) is 20.1. The minimum absolute atomic E-state index is 0.187. The number of nitrogens with one attached hydrogen (secondary N) is 1. The van der Waals surface area contributed by atoms with Crippen molar-refractivity contribution in [3.63, 3.8) is 0 Å². The molecule has 7 nitrogen and oxygen atoms in total. The smallest absolute Gasteiger partial charge is 0.304 e. The summed E-state index contributed by atoms with van der Waals surface area (Å²) in [5, 5.41) is 1.25. The second kappa shape index (κ2) is 11.3. The Labute approximate surface area is 233 Å². The topological polar surface area (TPSA) is 79.0 Å². The molecule has 3 aliphatic rings. The minimum Gasteiger partial charge on any atom is -0.493 e. The molecule has 0 aromatic heterocycles. The highest BCUT2D eigenvalue weighted by Crippen LogP contribution is 2.45. The molecule has 0 unspecified atom stereocenters. The van der Waals surface area contributed by atoms with Gasteiger partial charge in [-0.25, -0.2) is 9.11 Å². The molecule has 2 aromatic rings. The number of ether oxygens (including phenoxy) is 1. The van der Waals surface area contributed by atoms with Crippen molar-refractivity contribution in [1.82, 2.24) is 13.9 Å². The van der Waals surface area contributed by atoms with Gasteiger partial charge in [-0.3, -0.25) is 9.69 Å². The number of rotatable bonds is 9. The van der Waals surface area contributed by atoms with Gasteiger partial charge < -0.3 is 4.74 Å². The molecule has 1 saturated carbocycles. The third-order valence-corrected chi connectivity index (χ3v) is 9.70. The van der Waals surface area contributed by atoms with E-state index in [-0.39, 0.29) is 17.5 Å². The van der Waals surface area contributed by atoms with E-state index in [2.05, 4.69) is 11.8 Å². The van der Waals surface area contributed by atoms with Gasteiger partial charge >= 0.3 is 10.2 Å². The Morgan fingerprint density at radius 2 is 1.71 bits per heavy atom. The highest BCUT2D eigenvalue weighted by Gasteiger charge is 2.33. The van der Waals surface area contributed by atoms with E-state index < -0.39 is 21.9 Å². The molecular formula is C27H32Cl2FN3O4S. The van der Waals surface area contributed by atoms with Crippen LogP contribution in [-0.2, 0) is 10.2 Å². The lowest BCUT2D eigenvalue weighted by atomic mass is 9.95. The Bertz CT molecular complexity index is 1290. The van der Waals surface area contributed by atoms with Crippen LogP contribution in [0.4, 0.5) is 4.39 Å². The molecule has 5 rings (SSSR count). The van der Waals surface area contributed by atoms with Crippen LogP contribution in [0.5, 0.6) is 5.75 Å². The summed E-state index contributed by atoms with van der Waals surface area (Å²) in [6, 6.07) is 8.52. The van der Waals surface area contributed by atoms with E-state index in [0.29, 0.717) is 41.4 Å². The van der Waals surface area contributed by atoms with Crippen LogP contribution < -0.4 is 9.46 Å². The number of carbonyl (C=O) groups excluding carboxylic acids is 1. The summed E-state index contributed by atoms with van der Waals surface area (Å²) in [6.45, 7) is 5.12. The number of nitrogens with zero attached hydrogens (tertiary/aromatic N) is 2. The van der Waals surface area contributed by atoms with E-state index in [0.717, 1.165) is 60.6 Å². The van der Waals surface area contributed by atoms with Crippen molar-refractivity contribution in [1.29, 1.82) is 0 Å². The molecule has 2 heterocycles. The predicted octanol–water partition coefficient (Wildman–Crippen LogP) is 5.54. The Kier molecular flexibility index (Phi) is 8.22. The second-order valence-corrected chi connectivity index (χ2v) is 13.0. The summed E-state index contributed by atoms with van der Waals surface area (Å²) in [6.07, 6.45) is 4.48. The zero-order valence-corrected chi connectivity index (χ0v) is 23.6. The molecule has 38 heavy (non-hydrogen) atoms. The highest BCUT2D eigenvalue weighted by atomic mass is 35.5. The highest BCUT2D eigenvalue weighted by molar-refractivity contribution is 7.87. The summed E-state index contributed by atoms with van der Waals surface area (Å²) in [7, 11) is -3.95. The molecule has 2 aromatic carbocycles. The van der Waals surface area contributed by atoms with Crippen molar-refractivity contribution in [2.75, 3.05) is 32.8 Å². The SMILES string of the molecule is C[C@@H](c1cc(Cl)cc(Cl)c1)N1CCC(COc2cc(F)c(C(=O)NS(=O)(=O)N3CCC3)cc2C2CC2)CC1. The predicted molar refractivity (Wildman–Crippen MR) is 146 cm³/mol. The standard InChI is InChI=1S/C27H32Cl2FN3O4S/c1-17(20-11-21(28)13-22(29)12-20)32-9-5-18(6-10-32)16-37-26-15-25(30)24(14-23(26)19-3-4-19)27(34)31-38(35,36)33-7-2-8-33/h11-15,17-19H,2-10,16H2,1H3,(H,31,34)/t17-/m0/s1. The van der Waals surface area contributed by atoms with E-state index in [1.54, 1.807) is 6.07 Å². The van der Waals surface area contributed by atoms with Gasteiger partial charge in [-0.2, -0.15) is 12.7 Å². The van der Waals surface area contributed by atoms with Gasteiger partial charge in [-0.05, 0) is 99.3 Å². The average Bonchev–Trinajstić information content (AvgIpc) is 3.65. The molecule has 206 valence electrons. The molecule has 0 spiro atoms. The summed E-state index contributed by atoms with van der Waals surface area (Å²) in [5.41, 5.74) is 1.58. The largest absolute Gasteiger partial charge is 0.493 e.